The van der Waals surface area contributed by atoms with Crippen molar-refractivity contribution in [2.24, 2.45) is 5.41 Å². The largest absolute Gasteiger partial charge is 0.389 e. The van der Waals surface area contributed by atoms with Gasteiger partial charge in [0.05, 0.1) is 5.41 Å². The highest BCUT2D eigenvalue weighted by molar-refractivity contribution is 5.82. The number of alkyl halides is 3. The number of hydrogen-bond donors (Lipinski definition) is 2. The van der Waals surface area contributed by atoms with Crippen molar-refractivity contribution < 1.29 is 18.0 Å². The molecule has 0 bridgehead atoms. The Morgan fingerprint density at radius 3 is 2.63 bits per heavy atom. The summed E-state index contributed by atoms with van der Waals surface area (Å²) in [5.74, 6) is -0.0193. The van der Waals surface area contributed by atoms with E-state index in [4.69, 9.17) is 0 Å². The molecule has 1 saturated heterocycles. The lowest BCUT2D eigenvalue weighted by Gasteiger charge is -2.35. The summed E-state index contributed by atoms with van der Waals surface area (Å²) < 4.78 is 35.9. The van der Waals surface area contributed by atoms with Gasteiger partial charge < -0.3 is 10.6 Å². The molecule has 19 heavy (non-hydrogen) atoms. The molecule has 1 aliphatic rings. The van der Waals surface area contributed by atoms with Gasteiger partial charge in [-0.3, -0.25) is 4.79 Å². The molecule has 0 aromatic rings. The van der Waals surface area contributed by atoms with Crippen LogP contribution < -0.4 is 10.6 Å². The molecule has 1 amide bonds. The Morgan fingerprint density at radius 1 is 1.37 bits per heavy atom. The summed E-state index contributed by atoms with van der Waals surface area (Å²) >= 11 is 0. The second kappa shape index (κ2) is 7.12. The molecule has 1 heterocycles. The zero-order valence-electron chi connectivity index (χ0n) is 11.4. The van der Waals surface area contributed by atoms with Crippen molar-refractivity contribution in [3.63, 3.8) is 0 Å². The van der Waals surface area contributed by atoms with Crippen molar-refractivity contribution in [1.29, 1.82) is 0 Å². The molecule has 1 rings (SSSR count). The van der Waals surface area contributed by atoms with Crippen LogP contribution in [0.25, 0.3) is 0 Å². The van der Waals surface area contributed by atoms with Gasteiger partial charge in [0, 0.05) is 19.5 Å². The van der Waals surface area contributed by atoms with Crippen LogP contribution in [0.2, 0.25) is 0 Å². The molecule has 2 N–H and O–H groups in total. The van der Waals surface area contributed by atoms with Crippen molar-refractivity contribution in [3.8, 4) is 0 Å². The van der Waals surface area contributed by atoms with Gasteiger partial charge >= 0.3 is 6.18 Å². The fourth-order valence-electron chi connectivity index (χ4n) is 2.46. The smallest absolute Gasteiger partial charge is 0.356 e. The van der Waals surface area contributed by atoms with Crippen LogP contribution in [0.3, 0.4) is 0 Å². The molecule has 1 atom stereocenters. The Kier molecular flexibility index (Phi) is 6.10. The average molecular weight is 280 g/mol. The topological polar surface area (TPSA) is 41.1 Å². The van der Waals surface area contributed by atoms with Gasteiger partial charge in [0.15, 0.2) is 0 Å². The minimum absolute atomic E-state index is 0.0193. The van der Waals surface area contributed by atoms with Crippen molar-refractivity contribution in [3.05, 3.63) is 0 Å². The Balaban J connectivity index is 2.26. The number of carbonyl (C=O) groups excluding carboxylic acids is 1. The Hall–Kier alpha value is -0.780. The van der Waals surface area contributed by atoms with Crippen LogP contribution in [0.5, 0.6) is 0 Å². The summed E-state index contributed by atoms with van der Waals surface area (Å²) in [6.07, 6.45) is -1.85. The molecule has 6 heteroatoms. The van der Waals surface area contributed by atoms with Crippen LogP contribution in [0, 0.1) is 5.41 Å². The van der Waals surface area contributed by atoms with Crippen LogP contribution >= 0.6 is 0 Å². The van der Waals surface area contributed by atoms with E-state index in [0.29, 0.717) is 19.5 Å². The molecule has 0 aromatic carbocycles. The monoisotopic (exact) mass is 280 g/mol. The van der Waals surface area contributed by atoms with Gasteiger partial charge in [0.2, 0.25) is 5.91 Å². The van der Waals surface area contributed by atoms with Crippen LogP contribution in [0.1, 0.15) is 45.4 Å². The number of hydrogen-bond acceptors (Lipinski definition) is 2. The minimum Gasteiger partial charge on any atom is -0.356 e. The van der Waals surface area contributed by atoms with Crippen molar-refractivity contribution in [1.82, 2.24) is 10.6 Å². The number of nitrogens with one attached hydrogen (secondary N) is 2. The highest BCUT2D eigenvalue weighted by atomic mass is 19.4. The molecule has 1 fully saturated rings. The van der Waals surface area contributed by atoms with E-state index in [2.05, 4.69) is 10.6 Å². The van der Waals surface area contributed by atoms with E-state index in [1.54, 1.807) is 0 Å². The number of amides is 1. The second-order valence-corrected chi connectivity index (χ2v) is 5.24. The minimum atomic E-state index is -4.10. The SMILES string of the molecule is CCC1(C(=O)NCCCCC(F)(F)F)CCCNC1. The number of piperidine rings is 1. The summed E-state index contributed by atoms with van der Waals surface area (Å²) in [6.45, 7) is 3.91. The van der Waals surface area contributed by atoms with Gasteiger partial charge in [-0.05, 0) is 38.6 Å². The average Bonchev–Trinajstić information content (AvgIpc) is 2.37. The summed E-state index contributed by atoms with van der Waals surface area (Å²) in [7, 11) is 0. The summed E-state index contributed by atoms with van der Waals surface area (Å²) in [6, 6.07) is 0. The van der Waals surface area contributed by atoms with Gasteiger partial charge in [0.25, 0.3) is 0 Å². The molecule has 112 valence electrons. The molecular weight excluding hydrogens is 257 g/mol. The Morgan fingerprint density at radius 2 is 2.11 bits per heavy atom. The van der Waals surface area contributed by atoms with Crippen LogP contribution in [0.4, 0.5) is 13.2 Å². The van der Waals surface area contributed by atoms with Crippen LogP contribution in [0.15, 0.2) is 0 Å². The molecule has 0 aromatic heterocycles. The normalized spacial score (nSPS) is 24.2. The van der Waals surface area contributed by atoms with E-state index in [0.717, 1.165) is 25.8 Å². The fourth-order valence-corrected chi connectivity index (χ4v) is 2.46. The van der Waals surface area contributed by atoms with Gasteiger partial charge in [-0.25, -0.2) is 0 Å². The van der Waals surface area contributed by atoms with Crippen molar-refractivity contribution >= 4 is 5.91 Å². The Bertz CT molecular complexity index is 286. The van der Waals surface area contributed by atoms with E-state index >= 15 is 0 Å². The second-order valence-electron chi connectivity index (χ2n) is 5.24. The maximum absolute atomic E-state index is 12.1. The van der Waals surface area contributed by atoms with E-state index in [1.165, 1.54) is 0 Å². The number of unbranched alkanes of at least 4 members (excludes halogenated alkanes) is 1. The van der Waals surface area contributed by atoms with Crippen molar-refractivity contribution in [2.75, 3.05) is 19.6 Å². The zero-order valence-corrected chi connectivity index (χ0v) is 11.4. The maximum Gasteiger partial charge on any atom is 0.389 e. The van der Waals surface area contributed by atoms with Crippen LogP contribution in [-0.2, 0) is 4.79 Å². The molecule has 0 saturated carbocycles. The first-order valence-corrected chi connectivity index (χ1v) is 6.95. The molecule has 1 aliphatic heterocycles. The molecule has 3 nitrogen and oxygen atoms in total. The third kappa shape index (κ3) is 5.38. The predicted octanol–water partition coefficient (Wildman–Crippen LogP) is 2.62. The summed E-state index contributed by atoms with van der Waals surface area (Å²) in [5, 5.41) is 6.00. The van der Waals surface area contributed by atoms with E-state index in [-0.39, 0.29) is 17.7 Å². The maximum atomic E-state index is 12.1. The van der Waals surface area contributed by atoms with Gasteiger partial charge in [-0.1, -0.05) is 6.92 Å². The van der Waals surface area contributed by atoms with Gasteiger partial charge in [-0.2, -0.15) is 13.2 Å². The lowest BCUT2D eigenvalue weighted by molar-refractivity contribution is -0.135. The number of carbonyl (C=O) groups is 1. The fraction of sp³-hybridized carbons (Fsp3) is 0.923. The van der Waals surface area contributed by atoms with E-state index < -0.39 is 12.6 Å². The first-order valence-electron chi connectivity index (χ1n) is 6.95. The summed E-state index contributed by atoms with van der Waals surface area (Å²) in [4.78, 5) is 12.1. The third-order valence-electron chi connectivity index (χ3n) is 3.80. The first kappa shape index (κ1) is 16.3. The molecule has 0 radical (unpaired) electrons. The summed E-state index contributed by atoms with van der Waals surface area (Å²) in [5.41, 5.74) is -0.373. The lowest BCUT2D eigenvalue weighted by atomic mass is 9.77. The molecular formula is C13H23F3N2O. The standard InChI is InChI=1S/C13H23F3N2O/c1-2-12(6-5-8-17-10-12)11(19)18-9-4-3-7-13(14,15)16/h17H,2-10H2,1H3,(H,18,19). The third-order valence-corrected chi connectivity index (χ3v) is 3.80. The Labute approximate surface area is 112 Å². The highest BCUT2D eigenvalue weighted by Crippen LogP contribution is 2.30. The lowest BCUT2D eigenvalue weighted by Crippen LogP contribution is -2.50. The van der Waals surface area contributed by atoms with E-state index in [9.17, 15) is 18.0 Å². The van der Waals surface area contributed by atoms with E-state index in [1.807, 2.05) is 6.92 Å². The first-order chi connectivity index (χ1) is 8.90. The zero-order chi connectivity index (χ0) is 14.4. The van der Waals surface area contributed by atoms with Gasteiger partial charge in [0.1, 0.15) is 0 Å². The highest BCUT2D eigenvalue weighted by Gasteiger charge is 2.37. The molecule has 0 spiro atoms. The quantitative estimate of drug-likeness (QED) is 0.734. The molecule has 1 unspecified atom stereocenters. The number of rotatable bonds is 6. The molecule has 0 aliphatic carbocycles. The van der Waals surface area contributed by atoms with Gasteiger partial charge in [-0.15, -0.1) is 0 Å². The number of halogens is 3. The van der Waals surface area contributed by atoms with Crippen LogP contribution in [-0.4, -0.2) is 31.7 Å². The predicted molar refractivity (Wildman–Crippen MR) is 67.7 cm³/mol. The van der Waals surface area contributed by atoms with Crippen molar-refractivity contribution in [2.45, 2.75) is 51.6 Å².